The number of carbonyl (C=O) groups is 1. The summed E-state index contributed by atoms with van der Waals surface area (Å²) in [6, 6.07) is 5.86. The fourth-order valence-electron chi connectivity index (χ4n) is 2.82. The molecule has 16 heavy (non-hydrogen) atoms. The lowest BCUT2D eigenvalue weighted by Gasteiger charge is -2.07. The first-order chi connectivity index (χ1) is 7.86. The van der Waals surface area contributed by atoms with Crippen molar-refractivity contribution >= 4 is 5.97 Å². The maximum atomic E-state index is 11.4. The predicted octanol–water partition coefficient (Wildman–Crippen LogP) is 1.30. The minimum Gasteiger partial charge on any atom is -0.465 e. The van der Waals surface area contributed by atoms with E-state index in [1.165, 1.54) is 0 Å². The van der Waals surface area contributed by atoms with Gasteiger partial charge in [-0.05, 0) is 6.07 Å². The molecule has 1 aliphatic carbocycles. The van der Waals surface area contributed by atoms with E-state index in [0.29, 0.717) is 12.5 Å². The highest BCUT2D eigenvalue weighted by molar-refractivity contribution is 5.81. The topological polar surface area (TPSA) is 44.8 Å². The lowest BCUT2D eigenvalue weighted by molar-refractivity contribution is -0.141. The van der Waals surface area contributed by atoms with Crippen LogP contribution in [0.4, 0.5) is 0 Å². The van der Waals surface area contributed by atoms with Gasteiger partial charge in [-0.25, -0.2) is 0 Å². The molecule has 2 aliphatic heterocycles. The Morgan fingerprint density at radius 1 is 1.12 bits per heavy atom. The zero-order chi connectivity index (χ0) is 10.7. The number of rotatable bonds is 1. The molecule has 3 atom stereocenters. The van der Waals surface area contributed by atoms with E-state index in [4.69, 9.17) is 14.2 Å². The number of esters is 1. The van der Waals surface area contributed by atoms with Gasteiger partial charge in [0.25, 0.3) is 0 Å². The van der Waals surface area contributed by atoms with Gasteiger partial charge in [0.2, 0.25) is 6.79 Å². The summed E-state index contributed by atoms with van der Waals surface area (Å²) >= 11 is 0. The summed E-state index contributed by atoms with van der Waals surface area (Å²) < 4.78 is 15.8. The molecule has 1 aromatic rings. The van der Waals surface area contributed by atoms with Crippen molar-refractivity contribution in [1.29, 1.82) is 0 Å². The third-order valence-electron chi connectivity index (χ3n) is 3.64. The van der Waals surface area contributed by atoms with Crippen LogP contribution in [0.1, 0.15) is 11.5 Å². The van der Waals surface area contributed by atoms with Crippen LogP contribution in [0.15, 0.2) is 18.2 Å². The van der Waals surface area contributed by atoms with Crippen LogP contribution >= 0.6 is 0 Å². The molecule has 1 saturated heterocycles. The van der Waals surface area contributed by atoms with Crippen LogP contribution < -0.4 is 9.47 Å². The van der Waals surface area contributed by atoms with Crippen LogP contribution in [0.25, 0.3) is 0 Å². The first kappa shape index (κ1) is 8.44. The van der Waals surface area contributed by atoms with Crippen molar-refractivity contribution < 1.29 is 19.0 Å². The summed E-state index contributed by atoms with van der Waals surface area (Å²) in [4.78, 5) is 11.4. The molecule has 3 aliphatic rings. The molecule has 4 heteroatoms. The van der Waals surface area contributed by atoms with Crippen LogP contribution in [-0.4, -0.2) is 19.4 Å². The van der Waals surface area contributed by atoms with Gasteiger partial charge in [0.15, 0.2) is 11.5 Å². The first-order valence-electron chi connectivity index (χ1n) is 5.41. The zero-order valence-electron chi connectivity index (χ0n) is 8.51. The Balaban J connectivity index is 1.75. The van der Waals surface area contributed by atoms with E-state index in [0.717, 1.165) is 17.1 Å². The van der Waals surface area contributed by atoms with E-state index in [2.05, 4.69) is 0 Å². The van der Waals surface area contributed by atoms with Gasteiger partial charge in [-0.15, -0.1) is 0 Å². The van der Waals surface area contributed by atoms with Gasteiger partial charge >= 0.3 is 5.97 Å². The Kier molecular flexibility index (Phi) is 1.42. The van der Waals surface area contributed by atoms with Crippen molar-refractivity contribution in [2.45, 2.75) is 5.92 Å². The third-order valence-corrected chi connectivity index (χ3v) is 3.64. The molecule has 0 spiro atoms. The van der Waals surface area contributed by atoms with Gasteiger partial charge in [-0.1, -0.05) is 12.1 Å². The van der Waals surface area contributed by atoms with Crippen LogP contribution in [0.5, 0.6) is 11.5 Å². The van der Waals surface area contributed by atoms with E-state index in [1.807, 2.05) is 18.2 Å². The highest BCUT2D eigenvalue weighted by atomic mass is 16.7. The van der Waals surface area contributed by atoms with Gasteiger partial charge in [-0.3, -0.25) is 4.79 Å². The molecule has 2 fully saturated rings. The molecule has 4 nitrogen and oxygen atoms in total. The molecule has 0 radical (unpaired) electrons. The van der Waals surface area contributed by atoms with Crippen LogP contribution in [0, 0.1) is 11.8 Å². The SMILES string of the molecule is O=C1OC[C@@H]2[C@H]1[C@H]2c1cccc2c1OCO2. The molecule has 0 unspecified atom stereocenters. The molecule has 0 amide bonds. The molecule has 1 saturated carbocycles. The average Bonchev–Trinajstić information content (AvgIpc) is 2.65. The molecule has 4 rings (SSSR count). The zero-order valence-corrected chi connectivity index (χ0v) is 8.51. The van der Waals surface area contributed by atoms with Crippen molar-refractivity contribution in [3.63, 3.8) is 0 Å². The third kappa shape index (κ3) is 0.919. The standard InChI is InChI=1S/C12H10O4/c13-12-10-7(4-14-12)9(10)6-2-1-3-8-11(6)16-5-15-8/h1-3,7,9-10H,4-5H2/t7-,9-,10-/m0/s1. The maximum absolute atomic E-state index is 11.4. The number of para-hydroxylation sites is 1. The summed E-state index contributed by atoms with van der Waals surface area (Å²) in [7, 11) is 0. The Bertz CT molecular complexity index is 482. The molecular formula is C12H10O4. The number of ether oxygens (including phenoxy) is 3. The van der Waals surface area contributed by atoms with Gasteiger partial charge in [-0.2, -0.15) is 0 Å². The number of carbonyl (C=O) groups excluding carboxylic acids is 1. The van der Waals surface area contributed by atoms with Crippen LogP contribution in [0.3, 0.4) is 0 Å². The smallest absolute Gasteiger partial charge is 0.310 e. The summed E-state index contributed by atoms with van der Waals surface area (Å²) in [5.41, 5.74) is 1.10. The van der Waals surface area contributed by atoms with Crippen molar-refractivity contribution in [2.24, 2.45) is 11.8 Å². The number of benzene rings is 1. The predicted molar refractivity (Wildman–Crippen MR) is 53.2 cm³/mol. The van der Waals surface area contributed by atoms with E-state index in [9.17, 15) is 4.79 Å². The van der Waals surface area contributed by atoms with E-state index in [1.54, 1.807) is 0 Å². The number of hydrogen-bond donors (Lipinski definition) is 0. The second kappa shape index (κ2) is 2.70. The van der Waals surface area contributed by atoms with Crippen LogP contribution in [0.2, 0.25) is 0 Å². The number of hydrogen-bond acceptors (Lipinski definition) is 4. The Labute approximate surface area is 92.1 Å². The molecule has 0 bridgehead atoms. The largest absolute Gasteiger partial charge is 0.465 e. The summed E-state index contributed by atoms with van der Waals surface area (Å²) in [5.74, 6) is 2.22. The normalized spacial score (nSPS) is 33.5. The van der Waals surface area contributed by atoms with Gasteiger partial charge in [0.05, 0.1) is 12.5 Å². The minimum atomic E-state index is -0.0634. The Morgan fingerprint density at radius 2 is 2.06 bits per heavy atom. The molecule has 1 aromatic carbocycles. The molecule has 2 heterocycles. The second-order valence-corrected chi connectivity index (χ2v) is 4.43. The van der Waals surface area contributed by atoms with Gasteiger partial charge < -0.3 is 14.2 Å². The Hall–Kier alpha value is -1.71. The summed E-state index contributed by atoms with van der Waals surface area (Å²) in [5, 5.41) is 0. The summed E-state index contributed by atoms with van der Waals surface area (Å²) in [6.07, 6.45) is 0. The van der Waals surface area contributed by atoms with Crippen molar-refractivity contribution in [1.82, 2.24) is 0 Å². The molecular weight excluding hydrogens is 208 g/mol. The fourth-order valence-corrected chi connectivity index (χ4v) is 2.82. The molecule has 0 aromatic heterocycles. The highest BCUT2D eigenvalue weighted by Gasteiger charge is 2.62. The quantitative estimate of drug-likeness (QED) is 0.666. The first-order valence-corrected chi connectivity index (χ1v) is 5.41. The maximum Gasteiger partial charge on any atom is 0.310 e. The lowest BCUT2D eigenvalue weighted by atomic mass is 10.1. The lowest BCUT2D eigenvalue weighted by Crippen LogP contribution is -2.04. The number of cyclic esters (lactones) is 1. The highest BCUT2D eigenvalue weighted by Crippen LogP contribution is 2.61. The number of fused-ring (bicyclic) bond motifs is 2. The summed E-state index contributed by atoms with van der Waals surface area (Å²) in [6.45, 7) is 0.831. The van der Waals surface area contributed by atoms with Gasteiger partial charge in [0, 0.05) is 17.4 Å². The second-order valence-electron chi connectivity index (χ2n) is 4.43. The Morgan fingerprint density at radius 3 is 2.88 bits per heavy atom. The van der Waals surface area contributed by atoms with Crippen molar-refractivity contribution in [2.75, 3.05) is 13.4 Å². The fraction of sp³-hybridized carbons (Fsp3) is 0.417. The average molecular weight is 218 g/mol. The van der Waals surface area contributed by atoms with Crippen molar-refractivity contribution in [3.05, 3.63) is 23.8 Å². The molecule has 0 N–H and O–H groups in total. The monoisotopic (exact) mass is 218 g/mol. The van der Waals surface area contributed by atoms with Crippen molar-refractivity contribution in [3.8, 4) is 11.5 Å². The van der Waals surface area contributed by atoms with E-state index in [-0.39, 0.29) is 24.6 Å². The minimum absolute atomic E-state index is 0.0516. The molecule has 82 valence electrons. The van der Waals surface area contributed by atoms with E-state index >= 15 is 0 Å². The van der Waals surface area contributed by atoms with Gasteiger partial charge in [0.1, 0.15) is 0 Å². The van der Waals surface area contributed by atoms with E-state index < -0.39 is 0 Å². The van der Waals surface area contributed by atoms with Crippen LogP contribution in [-0.2, 0) is 9.53 Å².